The number of amides is 1. The average molecular weight is 571 g/mol. The van der Waals surface area contributed by atoms with E-state index in [0.29, 0.717) is 36.4 Å². The number of piperidine rings is 1. The zero-order valence-corrected chi connectivity index (χ0v) is 24.5. The summed E-state index contributed by atoms with van der Waals surface area (Å²) in [6.07, 6.45) is 5.64. The SMILES string of the molecule is COc1cccc(OC[C@H](O)CN=C2C=CCC(=O)C2=C2Cc3cc4c(cc3N2)CN(C2CCN(C)CC2)C4=O)c1C. The second-order valence-corrected chi connectivity index (χ2v) is 11.6. The highest BCUT2D eigenvalue weighted by molar-refractivity contribution is 6.29. The predicted octanol–water partition coefficient (Wildman–Crippen LogP) is 3.69. The first kappa shape index (κ1) is 28.2. The minimum absolute atomic E-state index is 0.0126. The third kappa shape index (κ3) is 5.46. The van der Waals surface area contributed by atoms with Crippen molar-refractivity contribution in [2.75, 3.05) is 45.7 Å². The molecule has 0 unspecified atom stereocenters. The van der Waals surface area contributed by atoms with Crippen LogP contribution in [-0.4, -0.2) is 84.9 Å². The smallest absolute Gasteiger partial charge is 0.254 e. The number of allylic oxidation sites excluding steroid dienone is 4. The summed E-state index contributed by atoms with van der Waals surface area (Å²) in [4.78, 5) is 35.4. The van der Waals surface area contributed by atoms with Gasteiger partial charge in [0.25, 0.3) is 5.91 Å². The Kier molecular flexibility index (Phi) is 7.88. The molecule has 0 aromatic heterocycles. The van der Waals surface area contributed by atoms with Crippen LogP contribution >= 0.6 is 0 Å². The van der Waals surface area contributed by atoms with Gasteiger partial charge in [0.2, 0.25) is 0 Å². The average Bonchev–Trinajstić information content (AvgIpc) is 3.54. The van der Waals surface area contributed by atoms with E-state index in [1.165, 1.54) is 0 Å². The van der Waals surface area contributed by atoms with E-state index >= 15 is 0 Å². The molecule has 1 saturated heterocycles. The van der Waals surface area contributed by atoms with Gasteiger partial charge in [0, 0.05) is 47.9 Å². The van der Waals surface area contributed by atoms with Gasteiger partial charge in [0.1, 0.15) is 24.2 Å². The first-order chi connectivity index (χ1) is 20.3. The second kappa shape index (κ2) is 11.7. The van der Waals surface area contributed by atoms with Crippen LogP contribution in [0.1, 0.15) is 46.3 Å². The molecule has 4 aliphatic rings. The highest BCUT2D eigenvalue weighted by Crippen LogP contribution is 2.38. The van der Waals surface area contributed by atoms with Gasteiger partial charge in [-0.15, -0.1) is 0 Å². The van der Waals surface area contributed by atoms with Gasteiger partial charge < -0.3 is 29.7 Å². The highest BCUT2D eigenvalue weighted by atomic mass is 16.5. The van der Waals surface area contributed by atoms with Crippen molar-refractivity contribution >= 4 is 23.1 Å². The molecule has 3 heterocycles. The molecule has 9 heteroatoms. The summed E-state index contributed by atoms with van der Waals surface area (Å²) >= 11 is 0. The molecule has 1 atom stereocenters. The number of methoxy groups -OCH3 is 1. The molecule has 2 aromatic rings. The Morgan fingerprint density at radius 3 is 2.71 bits per heavy atom. The maximum Gasteiger partial charge on any atom is 0.254 e. The lowest BCUT2D eigenvalue weighted by molar-refractivity contribution is -0.114. The van der Waals surface area contributed by atoms with Gasteiger partial charge in [-0.25, -0.2) is 0 Å². The van der Waals surface area contributed by atoms with Gasteiger partial charge in [-0.05, 0) is 81.4 Å². The number of benzene rings is 2. The number of nitrogens with one attached hydrogen (secondary N) is 1. The summed E-state index contributed by atoms with van der Waals surface area (Å²) in [6, 6.07) is 9.90. The minimum atomic E-state index is -0.852. The van der Waals surface area contributed by atoms with E-state index in [0.717, 1.165) is 65.3 Å². The number of rotatable bonds is 7. The number of aliphatic hydroxyl groups excluding tert-OH is 1. The van der Waals surface area contributed by atoms with Crippen molar-refractivity contribution in [3.05, 3.63) is 76.0 Å². The molecule has 0 bridgehead atoms. The van der Waals surface area contributed by atoms with E-state index in [4.69, 9.17) is 9.47 Å². The van der Waals surface area contributed by atoms with Crippen molar-refractivity contribution in [1.29, 1.82) is 0 Å². The van der Waals surface area contributed by atoms with Crippen LogP contribution in [0.3, 0.4) is 0 Å². The Morgan fingerprint density at radius 2 is 1.93 bits per heavy atom. The molecule has 1 amide bonds. The molecule has 3 aliphatic heterocycles. The Hall–Kier alpha value is -3.95. The number of nitrogens with zero attached hydrogens (tertiary/aromatic N) is 3. The van der Waals surface area contributed by atoms with Gasteiger partial charge in [-0.3, -0.25) is 14.6 Å². The summed E-state index contributed by atoms with van der Waals surface area (Å²) in [5, 5.41) is 14.1. The number of fused-ring (bicyclic) bond motifs is 2. The fourth-order valence-electron chi connectivity index (χ4n) is 6.32. The first-order valence-corrected chi connectivity index (χ1v) is 14.7. The number of ether oxygens (including phenoxy) is 2. The lowest BCUT2D eigenvalue weighted by Crippen LogP contribution is -2.43. The van der Waals surface area contributed by atoms with E-state index in [1.54, 1.807) is 13.2 Å². The van der Waals surface area contributed by atoms with Crippen molar-refractivity contribution in [3.63, 3.8) is 0 Å². The molecule has 1 fully saturated rings. The van der Waals surface area contributed by atoms with Crippen molar-refractivity contribution in [3.8, 4) is 11.5 Å². The topological polar surface area (TPSA) is 104 Å². The standard InChI is InChI=1S/C33H38N4O5/c1-20-30(41-3)8-5-9-31(20)42-19-24(38)17-34-26-6-4-7-29(39)32(26)28-15-21-14-25-22(16-27(21)35-28)18-37(33(25)40)23-10-12-36(2)13-11-23/h4-6,8-9,14,16,23-24,35,38H,7,10-13,15,17-19H2,1-3H3/t24-/m1/s1. The number of carbonyl (C=O) groups excluding carboxylic acids is 2. The Balaban J connectivity index is 1.15. The lowest BCUT2D eigenvalue weighted by Gasteiger charge is -2.34. The number of aliphatic imine (C=N–C) groups is 1. The quantitative estimate of drug-likeness (QED) is 0.490. The summed E-state index contributed by atoms with van der Waals surface area (Å²) in [6.45, 7) is 4.71. The summed E-state index contributed by atoms with van der Waals surface area (Å²) in [7, 11) is 3.74. The predicted molar refractivity (Wildman–Crippen MR) is 161 cm³/mol. The van der Waals surface area contributed by atoms with Crippen molar-refractivity contribution in [2.45, 2.75) is 51.3 Å². The summed E-state index contributed by atoms with van der Waals surface area (Å²) in [5.41, 5.74) is 6.52. The fourth-order valence-corrected chi connectivity index (χ4v) is 6.32. The maximum atomic E-state index is 13.4. The molecule has 9 nitrogen and oxygen atoms in total. The van der Waals surface area contributed by atoms with Crippen LogP contribution in [0.5, 0.6) is 11.5 Å². The zero-order chi connectivity index (χ0) is 29.4. The van der Waals surface area contributed by atoms with Crippen LogP contribution in [0.15, 0.2) is 58.7 Å². The first-order valence-electron chi connectivity index (χ1n) is 14.7. The van der Waals surface area contributed by atoms with E-state index in [-0.39, 0.29) is 30.9 Å². The number of aliphatic hydroxyl groups is 1. The molecule has 0 spiro atoms. The monoisotopic (exact) mass is 570 g/mol. The molecule has 0 radical (unpaired) electrons. The van der Waals surface area contributed by atoms with Gasteiger partial charge in [-0.2, -0.15) is 0 Å². The summed E-state index contributed by atoms with van der Waals surface area (Å²) < 4.78 is 11.2. The van der Waals surface area contributed by atoms with Crippen molar-refractivity contribution in [1.82, 2.24) is 9.80 Å². The molecular weight excluding hydrogens is 532 g/mol. The van der Waals surface area contributed by atoms with E-state index < -0.39 is 6.10 Å². The Morgan fingerprint density at radius 1 is 1.14 bits per heavy atom. The summed E-state index contributed by atoms with van der Waals surface area (Å²) in [5.74, 6) is 1.46. The van der Waals surface area contributed by atoms with Crippen LogP contribution in [0.4, 0.5) is 5.69 Å². The Labute approximate surface area is 246 Å². The zero-order valence-electron chi connectivity index (χ0n) is 24.5. The van der Waals surface area contributed by atoms with E-state index in [2.05, 4.69) is 28.3 Å². The highest BCUT2D eigenvalue weighted by Gasteiger charge is 2.36. The van der Waals surface area contributed by atoms with Crippen LogP contribution in [0.2, 0.25) is 0 Å². The minimum Gasteiger partial charge on any atom is -0.496 e. The van der Waals surface area contributed by atoms with Crippen LogP contribution in [0, 0.1) is 6.92 Å². The van der Waals surface area contributed by atoms with Gasteiger partial charge in [0.05, 0.1) is 24.9 Å². The van der Waals surface area contributed by atoms with Crippen molar-refractivity contribution < 1.29 is 24.2 Å². The van der Waals surface area contributed by atoms with Gasteiger partial charge in [0.15, 0.2) is 5.78 Å². The van der Waals surface area contributed by atoms with Crippen molar-refractivity contribution in [2.24, 2.45) is 4.99 Å². The maximum absolute atomic E-state index is 13.4. The number of likely N-dealkylation sites (tertiary alicyclic amines) is 1. The number of anilines is 1. The largest absolute Gasteiger partial charge is 0.496 e. The molecule has 220 valence electrons. The number of hydrogen-bond acceptors (Lipinski definition) is 8. The van der Waals surface area contributed by atoms with Crippen LogP contribution in [-0.2, 0) is 17.8 Å². The van der Waals surface area contributed by atoms with Gasteiger partial charge in [-0.1, -0.05) is 12.1 Å². The van der Waals surface area contributed by atoms with E-state index in [1.807, 2.05) is 42.2 Å². The number of carbonyl (C=O) groups is 2. The number of Topliss-reactive ketones (excluding diaryl/α,β-unsaturated/α-hetero) is 1. The lowest BCUT2D eigenvalue weighted by atomic mass is 9.94. The normalized spacial score (nSPS) is 22.4. The molecule has 2 N–H and O–H groups in total. The molecule has 0 saturated carbocycles. The molecule has 2 aromatic carbocycles. The molecular formula is C33H38N4O5. The third-order valence-corrected chi connectivity index (χ3v) is 8.72. The number of ketones is 1. The fraction of sp³-hybridized carbons (Fsp3) is 0.424. The molecule has 1 aliphatic carbocycles. The van der Waals surface area contributed by atoms with Crippen LogP contribution in [0.25, 0.3) is 0 Å². The van der Waals surface area contributed by atoms with E-state index in [9.17, 15) is 14.7 Å². The second-order valence-electron chi connectivity index (χ2n) is 11.6. The molecule has 42 heavy (non-hydrogen) atoms. The number of hydrogen-bond donors (Lipinski definition) is 2. The Bertz CT molecular complexity index is 1500. The third-order valence-electron chi connectivity index (χ3n) is 8.72. The van der Waals surface area contributed by atoms with Gasteiger partial charge >= 0.3 is 0 Å². The van der Waals surface area contributed by atoms with Crippen LogP contribution < -0.4 is 14.8 Å². The molecule has 6 rings (SSSR count).